The van der Waals surface area contributed by atoms with Gasteiger partial charge < -0.3 is 11.1 Å². The zero-order valence-electron chi connectivity index (χ0n) is 10.6. The number of carbonyl (C=O) groups is 1. The van der Waals surface area contributed by atoms with E-state index in [1.165, 1.54) is 12.8 Å². The molecular weight excluding hydrogens is 246 g/mol. The van der Waals surface area contributed by atoms with Crippen LogP contribution in [0.25, 0.3) is 0 Å². The van der Waals surface area contributed by atoms with E-state index in [-0.39, 0.29) is 11.9 Å². The van der Waals surface area contributed by atoms with E-state index in [1.54, 1.807) is 11.3 Å². The Kier molecular flexibility index (Phi) is 5.13. The Balaban J connectivity index is 1.65. The molecule has 1 aromatic rings. The molecule has 0 aliphatic heterocycles. The fraction of sp³-hybridized carbons (Fsp3) is 0.692. The standard InChI is InChI=1S/C13H21N3OS/c14-12-4-2-1-3-10(12)7-13(17)15-6-5-11-8-18-9-16-11/h8-10,12H,1-7,14H2,(H,15,17). The fourth-order valence-electron chi connectivity index (χ4n) is 2.49. The monoisotopic (exact) mass is 267 g/mol. The van der Waals surface area contributed by atoms with Gasteiger partial charge in [-0.25, -0.2) is 4.98 Å². The molecule has 100 valence electrons. The van der Waals surface area contributed by atoms with Gasteiger partial charge in [0.2, 0.25) is 5.91 Å². The zero-order chi connectivity index (χ0) is 12.8. The second kappa shape index (κ2) is 6.85. The molecule has 2 unspecified atom stereocenters. The quantitative estimate of drug-likeness (QED) is 0.853. The average molecular weight is 267 g/mol. The van der Waals surface area contributed by atoms with Gasteiger partial charge in [0.1, 0.15) is 0 Å². The first kappa shape index (κ1) is 13.5. The molecule has 0 aromatic carbocycles. The lowest BCUT2D eigenvalue weighted by Gasteiger charge is -2.27. The largest absolute Gasteiger partial charge is 0.356 e. The van der Waals surface area contributed by atoms with Crippen molar-refractivity contribution in [3.05, 3.63) is 16.6 Å². The topological polar surface area (TPSA) is 68.0 Å². The maximum atomic E-state index is 11.8. The molecule has 0 spiro atoms. The van der Waals surface area contributed by atoms with Crippen LogP contribution in [0.1, 0.15) is 37.8 Å². The van der Waals surface area contributed by atoms with Crippen molar-refractivity contribution >= 4 is 17.2 Å². The number of nitrogens with two attached hydrogens (primary N) is 1. The van der Waals surface area contributed by atoms with Gasteiger partial charge in [-0.05, 0) is 18.8 Å². The summed E-state index contributed by atoms with van der Waals surface area (Å²) < 4.78 is 0. The van der Waals surface area contributed by atoms with E-state index >= 15 is 0 Å². The van der Waals surface area contributed by atoms with Gasteiger partial charge in [0, 0.05) is 30.8 Å². The summed E-state index contributed by atoms with van der Waals surface area (Å²) in [6.07, 6.45) is 5.98. The van der Waals surface area contributed by atoms with Crippen molar-refractivity contribution in [2.24, 2.45) is 11.7 Å². The summed E-state index contributed by atoms with van der Waals surface area (Å²) in [6, 6.07) is 0.211. The van der Waals surface area contributed by atoms with Gasteiger partial charge in [-0.3, -0.25) is 4.79 Å². The normalized spacial score (nSPS) is 23.8. The third-order valence-electron chi connectivity index (χ3n) is 3.60. The number of carbonyl (C=O) groups excluding carboxylic acids is 1. The van der Waals surface area contributed by atoms with Crippen LogP contribution in [0.4, 0.5) is 0 Å². The minimum atomic E-state index is 0.132. The molecule has 4 nitrogen and oxygen atoms in total. The van der Waals surface area contributed by atoms with Crippen LogP contribution in [0.3, 0.4) is 0 Å². The Bertz CT molecular complexity index is 366. The maximum absolute atomic E-state index is 11.8. The molecule has 2 atom stereocenters. The highest BCUT2D eigenvalue weighted by atomic mass is 32.1. The SMILES string of the molecule is NC1CCCCC1CC(=O)NCCc1cscn1. The molecule has 3 N–H and O–H groups in total. The van der Waals surface area contributed by atoms with Gasteiger partial charge in [0.15, 0.2) is 0 Å². The molecule has 2 rings (SSSR count). The summed E-state index contributed by atoms with van der Waals surface area (Å²) in [6.45, 7) is 0.671. The summed E-state index contributed by atoms with van der Waals surface area (Å²) >= 11 is 1.59. The van der Waals surface area contributed by atoms with Crippen LogP contribution < -0.4 is 11.1 Å². The van der Waals surface area contributed by atoms with Crippen molar-refractivity contribution < 1.29 is 4.79 Å². The van der Waals surface area contributed by atoms with E-state index in [0.29, 0.717) is 18.9 Å². The van der Waals surface area contributed by atoms with Crippen molar-refractivity contribution in [1.29, 1.82) is 0 Å². The number of hydrogen-bond donors (Lipinski definition) is 2. The molecule has 1 amide bonds. The smallest absolute Gasteiger partial charge is 0.220 e. The fourth-order valence-corrected chi connectivity index (χ4v) is 3.08. The minimum Gasteiger partial charge on any atom is -0.356 e. The van der Waals surface area contributed by atoms with Crippen LogP contribution in [0, 0.1) is 5.92 Å². The van der Waals surface area contributed by atoms with Crippen LogP contribution in [-0.4, -0.2) is 23.5 Å². The van der Waals surface area contributed by atoms with Gasteiger partial charge in [0.25, 0.3) is 0 Å². The van der Waals surface area contributed by atoms with Crippen LogP contribution in [-0.2, 0) is 11.2 Å². The molecule has 1 saturated carbocycles. The predicted octanol–water partition coefficient (Wildman–Crippen LogP) is 1.71. The number of nitrogens with one attached hydrogen (secondary N) is 1. The first-order valence-electron chi connectivity index (χ1n) is 6.65. The third kappa shape index (κ3) is 4.07. The van der Waals surface area contributed by atoms with E-state index in [2.05, 4.69) is 10.3 Å². The van der Waals surface area contributed by atoms with Gasteiger partial charge >= 0.3 is 0 Å². The van der Waals surface area contributed by atoms with Crippen molar-refractivity contribution in [3.63, 3.8) is 0 Å². The molecule has 1 aliphatic rings. The van der Waals surface area contributed by atoms with Gasteiger partial charge in [0.05, 0.1) is 11.2 Å². The van der Waals surface area contributed by atoms with Crippen LogP contribution in [0.15, 0.2) is 10.9 Å². The Morgan fingerprint density at radius 3 is 3.06 bits per heavy atom. The van der Waals surface area contributed by atoms with Gasteiger partial charge in [-0.2, -0.15) is 0 Å². The van der Waals surface area contributed by atoms with E-state index in [4.69, 9.17) is 5.73 Å². The summed E-state index contributed by atoms with van der Waals surface area (Å²) in [7, 11) is 0. The highest BCUT2D eigenvalue weighted by Gasteiger charge is 2.23. The minimum absolute atomic E-state index is 0.132. The number of nitrogens with zero attached hydrogens (tertiary/aromatic N) is 1. The summed E-state index contributed by atoms with van der Waals surface area (Å²) in [5.41, 5.74) is 8.91. The molecule has 0 saturated heterocycles. The Hall–Kier alpha value is -0.940. The zero-order valence-corrected chi connectivity index (χ0v) is 11.4. The number of thiazole rings is 1. The lowest BCUT2D eigenvalue weighted by atomic mass is 9.83. The van der Waals surface area contributed by atoms with Crippen molar-refractivity contribution in [2.45, 2.75) is 44.6 Å². The molecular formula is C13H21N3OS. The number of aromatic nitrogens is 1. The Morgan fingerprint density at radius 1 is 1.50 bits per heavy atom. The van der Waals surface area contributed by atoms with Gasteiger partial charge in [-0.1, -0.05) is 12.8 Å². The van der Waals surface area contributed by atoms with Crippen LogP contribution in [0.5, 0.6) is 0 Å². The van der Waals surface area contributed by atoms with Crippen molar-refractivity contribution in [2.75, 3.05) is 6.54 Å². The first-order chi connectivity index (χ1) is 8.75. The average Bonchev–Trinajstić information content (AvgIpc) is 2.85. The molecule has 18 heavy (non-hydrogen) atoms. The molecule has 1 fully saturated rings. The number of amides is 1. The summed E-state index contributed by atoms with van der Waals surface area (Å²) in [5, 5.41) is 4.98. The molecule has 1 heterocycles. The van der Waals surface area contributed by atoms with E-state index in [0.717, 1.165) is 25.0 Å². The molecule has 0 radical (unpaired) electrons. The second-order valence-corrected chi connectivity index (χ2v) is 5.71. The third-order valence-corrected chi connectivity index (χ3v) is 4.24. The van der Waals surface area contributed by atoms with E-state index in [1.807, 2.05) is 10.9 Å². The Labute approximate surface area is 112 Å². The van der Waals surface area contributed by atoms with Crippen molar-refractivity contribution in [3.8, 4) is 0 Å². The lowest BCUT2D eigenvalue weighted by molar-refractivity contribution is -0.122. The number of hydrogen-bond acceptors (Lipinski definition) is 4. The highest BCUT2D eigenvalue weighted by Crippen LogP contribution is 2.25. The first-order valence-corrected chi connectivity index (χ1v) is 7.59. The van der Waals surface area contributed by atoms with Crippen LogP contribution in [0.2, 0.25) is 0 Å². The van der Waals surface area contributed by atoms with Gasteiger partial charge in [-0.15, -0.1) is 11.3 Å². The van der Waals surface area contributed by atoms with E-state index in [9.17, 15) is 4.79 Å². The summed E-state index contributed by atoms with van der Waals surface area (Å²) in [5.74, 6) is 0.505. The molecule has 1 aromatic heterocycles. The highest BCUT2D eigenvalue weighted by molar-refractivity contribution is 7.07. The number of rotatable bonds is 5. The lowest BCUT2D eigenvalue weighted by Crippen LogP contribution is -2.37. The molecule has 0 bridgehead atoms. The predicted molar refractivity (Wildman–Crippen MR) is 73.4 cm³/mol. The maximum Gasteiger partial charge on any atom is 0.220 e. The molecule has 1 aliphatic carbocycles. The molecule has 5 heteroatoms. The van der Waals surface area contributed by atoms with Crippen LogP contribution >= 0.6 is 11.3 Å². The Morgan fingerprint density at radius 2 is 2.33 bits per heavy atom. The van der Waals surface area contributed by atoms with Crippen molar-refractivity contribution in [1.82, 2.24) is 10.3 Å². The van der Waals surface area contributed by atoms with E-state index < -0.39 is 0 Å². The summed E-state index contributed by atoms with van der Waals surface area (Å²) in [4.78, 5) is 16.0. The second-order valence-electron chi connectivity index (χ2n) is 4.99.